The van der Waals surface area contributed by atoms with Crippen LogP contribution >= 0.6 is 0 Å². The Morgan fingerprint density at radius 1 is 1.32 bits per heavy atom. The van der Waals surface area contributed by atoms with Crippen LogP contribution in [-0.4, -0.2) is 33.3 Å². The van der Waals surface area contributed by atoms with Crippen molar-refractivity contribution in [1.82, 2.24) is 15.2 Å². The molecule has 0 bridgehead atoms. The molecule has 2 aliphatic rings. The number of aryl methyl sites for hydroxylation is 3. The molecule has 28 heavy (non-hydrogen) atoms. The number of phenols is 1. The Balaban J connectivity index is 1.53. The Morgan fingerprint density at radius 3 is 2.86 bits per heavy atom. The first-order valence-corrected chi connectivity index (χ1v) is 9.78. The number of phenolic OH excluding ortho intramolecular Hbond substituents is 1. The van der Waals surface area contributed by atoms with E-state index in [0.717, 1.165) is 48.2 Å². The maximum absolute atomic E-state index is 10.7. The van der Waals surface area contributed by atoms with Gasteiger partial charge in [0.2, 0.25) is 12.1 Å². The molecule has 0 saturated carbocycles. The van der Waals surface area contributed by atoms with Gasteiger partial charge < -0.3 is 9.84 Å². The Labute approximate surface area is 164 Å². The van der Waals surface area contributed by atoms with E-state index in [4.69, 9.17) is 9.84 Å². The van der Waals surface area contributed by atoms with Crippen molar-refractivity contribution >= 4 is 12.2 Å². The fraction of sp³-hybridized carbons (Fsp3) is 0.476. The van der Waals surface area contributed by atoms with Crippen molar-refractivity contribution < 1.29 is 14.6 Å². The molecule has 0 saturated heterocycles. The summed E-state index contributed by atoms with van der Waals surface area (Å²) in [5.74, 6) is 0.998. The first-order valence-electron chi connectivity index (χ1n) is 9.78. The molecule has 1 aliphatic carbocycles. The highest BCUT2D eigenvalue weighted by Gasteiger charge is 2.23. The third kappa shape index (κ3) is 3.25. The molecule has 2 aromatic rings. The van der Waals surface area contributed by atoms with Crippen molar-refractivity contribution in [3.63, 3.8) is 0 Å². The van der Waals surface area contributed by atoms with Crippen molar-refractivity contribution in [2.75, 3.05) is 0 Å². The molecule has 7 heteroatoms. The lowest BCUT2D eigenvalue weighted by atomic mass is 9.93. The summed E-state index contributed by atoms with van der Waals surface area (Å²) in [6.07, 6.45) is 4.52. The van der Waals surface area contributed by atoms with E-state index >= 15 is 0 Å². The summed E-state index contributed by atoms with van der Waals surface area (Å²) >= 11 is 0. The van der Waals surface area contributed by atoms with Crippen LogP contribution in [0.2, 0.25) is 0 Å². The lowest BCUT2D eigenvalue weighted by molar-refractivity contribution is -0.114. The Bertz CT molecular complexity index is 961. The molecule has 7 nitrogen and oxygen atoms in total. The zero-order valence-corrected chi connectivity index (χ0v) is 16.6. The number of hydrogen-bond acceptors (Lipinski definition) is 6. The number of aromatic hydroxyl groups is 1. The number of nitrogens with one attached hydrogen (secondary N) is 1. The number of hydrazone groups is 1. The van der Waals surface area contributed by atoms with Gasteiger partial charge in [-0.3, -0.25) is 14.9 Å². The third-order valence-corrected chi connectivity index (χ3v) is 5.79. The summed E-state index contributed by atoms with van der Waals surface area (Å²) in [4.78, 5) is 10.7. The summed E-state index contributed by atoms with van der Waals surface area (Å²) < 4.78 is 7.37. The van der Waals surface area contributed by atoms with Crippen molar-refractivity contribution in [3.05, 3.63) is 45.3 Å². The van der Waals surface area contributed by atoms with E-state index in [1.165, 1.54) is 16.7 Å². The van der Waals surface area contributed by atoms with E-state index in [0.29, 0.717) is 30.9 Å². The zero-order chi connectivity index (χ0) is 19.8. The monoisotopic (exact) mass is 382 g/mol. The maximum Gasteiger partial charge on any atom is 0.242 e. The number of carbonyl (C=O) groups excluding carboxylic acids is 1. The van der Waals surface area contributed by atoms with Crippen LogP contribution in [0.3, 0.4) is 0 Å². The predicted molar refractivity (Wildman–Crippen MR) is 106 cm³/mol. The Morgan fingerprint density at radius 2 is 2.11 bits per heavy atom. The number of benzene rings is 1. The normalized spacial score (nSPS) is 17.8. The topological polar surface area (TPSA) is 88.7 Å². The summed E-state index contributed by atoms with van der Waals surface area (Å²) in [5.41, 5.74) is 10.7. The number of aldehydes is 1. The lowest BCUT2D eigenvalue weighted by Crippen LogP contribution is -2.23. The van der Waals surface area contributed by atoms with Crippen LogP contribution in [0.4, 0.5) is 0 Å². The molecule has 0 radical (unpaired) electrons. The van der Waals surface area contributed by atoms with Gasteiger partial charge >= 0.3 is 0 Å². The molecule has 2 heterocycles. The summed E-state index contributed by atoms with van der Waals surface area (Å²) in [7, 11) is 0. The SMILES string of the molecule is Cc1cc(Cc2c(C)nn(CCC3=NNC(C=O)O3)c2C)c2c(c1O)CCC2. The van der Waals surface area contributed by atoms with Gasteiger partial charge in [-0.1, -0.05) is 6.07 Å². The van der Waals surface area contributed by atoms with Crippen LogP contribution in [-0.2, 0) is 35.3 Å². The number of fused-ring (bicyclic) bond motifs is 1. The predicted octanol–water partition coefficient (Wildman–Crippen LogP) is 2.44. The summed E-state index contributed by atoms with van der Waals surface area (Å²) in [5, 5.41) is 19.1. The van der Waals surface area contributed by atoms with E-state index in [1.54, 1.807) is 0 Å². The average molecular weight is 382 g/mol. The number of rotatable bonds is 6. The van der Waals surface area contributed by atoms with Crippen LogP contribution in [0.1, 0.15) is 52.0 Å². The van der Waals surface area contributed by atoms with Gasteiger partial charge in [-0.15, -0.1) is 5.10 Å². The molecule has 1 aromatic carbocycles. The van der Waals surface area contributed by atoms with E-state index in [1.807, 2.05) is 18.5 Å². The second-order valence-corrected chi connectivity index (χ2v) is 7.62. The molecule has 0 spiro atoms. The first-order chi connectivity index (χ1) is 13.5. The minimum atomic E-state index is -0.675. The van der Waals surface area contributed by atoms with Gasteiger partial charge in [-0.2, -0.15) is 5.10 Å². The van der Waals surface area contributed by atoms with Crippen LogP contribution in [0.25, 0.3) is 0 Å². The van der Waals surface area contributed by atoms with Crippen LogP contribution < -0.4 is 5.43 Å². The number of hydrogen-bond donors (Lipinski definition) is 2. The molecule has 4 rings (SSSR count). The molecule has 0 fully saturated rings. The van der Waals surface area contributed by atoms with Gasteiger partial charge in [0.25, 0.3) is 0 Å². The van der Waals surface area contributed by atoms with Crippen molar-refractivity contribution in [3.8, 4) is 5.75 Å². The third-order valence-electron chi connectivity index (χ3n) is 5.79. The first kappa shape index (κ1) is 18.5. The molecular weight excluding hydrogens is 356 g/mol. The van der Waals surface area contributed by atoms with Gasteiger partial charge in [0.15, 0.2) is 6.29 Å². The van der Waals surface area contributed by atoms with Crippen LogP contribution in [0.5, 0.6) is 5.75 Å². The zero-order valence-electron chi connectivity index (χ0n) is 16.6. The van der Waals surface area contributed by atoms with Crippen molar-refractivity contribution in [1.29, 1.82) is 0 Å². The summed E-state index contributed by atoms with van der Waals surface area (Å²) in [6.45, 7) is 6.75. The van der Waals surface area contributed by atoms with Gasteiger partial charge in [0, 0.05) is 30.6 Å². The van der Waals surface area contributed by atoms with E-state index in [-0.39, 0.29) is 0 Å². The highest BCUT2D eigenvalue weighted by molar-refractivity contribution is 5.79. The lowest BCUT2D eigenvalue weighted by Gasteiger charge is -2.13. The van der Waals surface area contributed by atoms with E-state index in [2.05, 4.69) is 23.5 Å². The van der Waals surface area contributed by atoms with Crippen LogP contribution in [0, 0.1) is 20.8 Å². The number of nitrogens with zero attached hydrogens (tertiary/aromatic N) is 3. The van der Waals surface area contributed by atoms with Crippen molar-refractivity contribution in [2.45, 2.75) is 65.6 Å². The fourth-order valence-electron chi connectivity index (χ4n) is 4.28. The maximum atomic E-state index is 10.7. The van der Waals surface area contributed by atoms with Crippen LogP contribution in [0.15, 0.2) is 11.2 Å². The second-order valence-electron chi connectivity index (χ2n) is 7.62. The molecule has 1 unspecified atom stereocenters. The highest BCUT2D eigenvalue weighted by Crippen LogP contribution is 2.36. The number of aromatic nitrogens is 2. The van der Waals surface area contributed by atoms with E-state index < -0.39 is 6.23 Å². The Hall–Kier alpha value is -2.83. The molecular formula is C21H26N4O3. The van der Waals surface area contributed by atoms with E-state index in [9.17, 15) is 9.90 Å². The molecule has 0 amide bonds. The largest absolute Gasteiger partial charge is 0.507 e. The molecule has 1 aromatic heterocycles. The Kier molecular flexibility index (Phi) is 4.83. The number of carbonyl (C=O) groups is 1. The molecule has 1 aliphatic heterocycles. The fourth-order valence-corrected chi connectivity index (χ4v) is 4.28. The average Bonchev–Trinajstić information content (AvgIpc) is 3.40. The molecule has 148 valence electrons. The summed E-state index contributed by atoms with van der Waals surface area (Å²) in [6, 6.07) is 2.13. The minimum Gasteiger partial charge on any atom is -0.507 e. The smallest absolute Gasteiger partial charge is 0.242 e. The standard InChI is InChI=1S/C21H26N4O3/c1-12-9-15(16-5-4-6-17(16)21(12)27)10-18-13(2)24-25(14(18)3)8-7-19-22-23-20(11-26)28-19/h9,11,20,23,27H,4-8,10H2,1-3H3. The molecule has 1 atom stereocenters. The van der Waals surface area contributed by atoms with Crippen molar-refractivity contribution in [2.24, 2.45) is 5.10 Å². The van der Waals surface area contributed by atoms with Gasteiger partial charge in [0.05, 0.1) is 5.69 Å². The van der Waals surface area contributed by atoms with Gasteiger partial charge in [-0.05, 0) is 62.3 Å². The minimum absolute atomic E-state index is 0.472. The second kappa shape index (κ2) is 7.30. The van der Waals surface area contributed by atoms with Gasteiger partial charge in [0.1, 0.15) is 5.75 Å². The highest BCUT2D eigenvalue weighted by atomic mass is 16.5. The number of ether oxygens (including phenoxy) is 1. The quantitative estimate of drug-likeness (QED) is 0.749. The molecule has 2 N–H and O–H groups in total. The van der Waals surface area contributed by atoms with Gasteiger partial charge in [-0.25, -0.2) is 0 Å².